The van der Waals surface area contributed by atoms with Crippen LogP contribution in [0.25, 0.3) is 0 Å². The molecule has 0 bridgehead atoms. The topological polar surface area (TPSA) is 83.4 Å². The number of hydrogen-bond acceptors (Lipinski definition) is 4. The quantitative estimate of drug-likeness (QED) is 0.577. The molecule has 2 amide bonds. The number of anilines is 2. The average molecular weight is 393 g/mol. The van der Waals surface area contributed by atoms with E-state index in [0.29, 0.717) is 16.9 Å². The molecule has 0 radical (unpaired) electrons. The fourth-order valence-electron chi connectivity index (χ4n) is 2.46. The van der Waals surface area contributed by atoms with Gasteiger partial charge in [0.05, 0.1) is 6.26 Å². The maximum atomic E-state index is 12.3. The van der Waals surface area contributed by atoms with Crippen LogP contribution in [0.15, 0.2) is 65.3 Å². The zero-order chi connectivity index (χ0) is 20.1. The van der Waals surface area contributed by atoms with Gasteiger partial charge in [-0.3, -0.25) is 14.9 Å². The largest absolute Gasteiger partial charge is 0.459 e. The van der Waals surface area contributed by atoms with Crippen molar-refractivity contribution in [1.29, 1.82) is 0 Å². The molecule has 0 saturated heterocycles. The molecule has 7 heteroatoms. The van der Waals surface area contributed by atoms with Gasteiger partial charge in [0.1, 0.15) is 0 Å². The summed E-state index contributed by atoms with van der Waals surface area (Å²) >= 11 is 5.20. The highest BCUT2D eigenvalue weighted by molar-refractivity contribution is 7.80. The Balaban J connectivity index is 1.56. The lowest BCUT2D eigenvalue weighted by Gasteiger charge is -2.11. The van der Waals surface area contributed by atoms with Crippen LogP contribution >= 0.6 is 12.2 Å². The molecule has 0 saturated carbocycles. The Morgan fingerprint density at radius 1 is 0.857 bits per heavy atom. The van der Waals surface area contributed by atoms with Crippen molar-refractivity contribution in [2.24, 2.45) is 0 Å². The second-order valence-electron chi connectivity index (χ2n) is 6.22. The normalized spacial score (nSPS) is 10.2. The van der Waals surface area contributed by atoms with Crippen LogP contribution in [0.5, 0.6) is 0 Å². The standard InChI is InChI=1S/C21H19N3O3S/c1-13-5-6-15(12-14(13)2)19(25)24-21(28)23-17-9-7-16(8-10-17)22-20(26)18-4-3-11-27-18/h3-12H,1-2H3,(H,22,26)(H2,23,24,25,28). The molecule has 28 heavy (non-hydrogen) atoms. The van der Waals surface area contributed by atoms with Gasteiger partial charge in [-0.2, -0.15) is 0 Å². The first-order valence-corrected chi connectivity index (χ1v) is 8.98. The molecule has 0 atom stereocenters. The lowest BCUT2D eigenvalue weighted by atomic mass is 10.1. The Bertz CT molecular complexity index is 1010. The van der Waals surface area contributed by atoms with Gasteiger partial charge in [-0.05, 0) is 85.7 Å². The third-order valence-corrected chi connectivity index (χ3v) is 4.35. The average Bonchev–Trinajstić information content (AvgIpc) is 3.20. The van der Waals surface area contributed by atoms with E-state index >= 15 is 0 Å². The van der Waals surface area contributed by atoms with Crippen molar-refractivity contribution in [3.8, 4) is 0 Å². The third-order valence-electron chi connectivity index (χ3n) is 4.14. The summed E-state index contributed by atoms with van der Waals surface area (Å²) in [6.07, 6.45) is 1.44. The summed E-state index contributed by atoms with van der Waals surface area (Å²) in [6, 6.07) is 15.6. The number of carbonyl (C=O) groups is 2. The number of carbonyl (C=O) groups excluding carboxylic acids is 2. The van der Waals surface area contributed by atoms with E-state index in [1.54, 1.807) is 42.5 Å². The highest BCUT2D eigenvalue weighted by atomic mass is 32.1. The molecule has 3 N–H and O–H groups in total. The van der Waals surface area contributed by atoms with E-state index in [4.69, 9.17) is 16.6 Å². The van der Waals surface area contributed by atoms with E-state index < -0.39 is 0 Å². The fraction of sp³-hybridized carbons (Fsp3) is 0.0952. The van der Waals surface area contributed by atoms with Crippen LogP contribution in [-0.4, -0.2) is 16.9 Å². The van der Waals surface area contributed by atoms with Gasteiger partial charge in [-0.25, -0.2) is 0 Å². The van der Waals surface area contributed by atoms with Gasteiger partial charge in [0, 0.05) is 16.9 Å². The van der Waals surface area contributed by atoms with Crippen LogP contribution in [0.1, 0.15) is 32.0 Å². The van der Waals surface area contributed by atoms with Gasteiger partial charge in [0.2, 0.25) is 0 Å². The molecule has 0 unspecified atom stereocenters. The Morgan fingerprint density at radius 3 is 2.14 bits per heavy atom. The Morgan fingerprint density at radius 2 is 1.54 bits per heavy atom. The first-order valence-electron chi connectivity index (χ1n) is 8.57. The van der Waals surface area contributed by atoms with E-state index in [1.807, 2.05) is 26.0 Å². The highest BCUT2D eigenvalue weighted by Crippen LogP contribution is 2.15. The van der Waals surface area contributed by atoms with E-state index in [1.165, 1.54) is 6.26 Å². The van der Waals surface area contributed by atoms with Crippen LogP contribution < -0.4 is 16.0 Å². The highest BCUT2D eigenvalue weighted by Gasteiger charge is 2.10. The number of aryl methyl sites for hydroxylation is 2. The van der Waals surface area contributed by atoms with Gasteiger partial charge in [0.15, 0.2) is 10.9 Å². The number of thiocarbonyl (C=S) groups is 1. The number of hydrogen-bond donors (Lipinski definition) is 3. The zero-order valence-electron chi connectivity index (χ0n) is 15.4. The summed E-state index contributed by atoms with van der Waals surface area (Å²) in [6.45, 7) is 3.94. The Labute approximate surface area is 167 Å². The number of amides is 2. The maximum absolute atomic E-state index is 12.3. The van der Waals surface area contributed by atoms with Crippen molar-refractivity contribution in [1.82, 2.24) is 5.32 Å². The molecule has 0 aliphatic carbocycles. The predicted octanol–water partition coefficient (Wildman–Crippen LogP) is 4.28. The second kappa shape index (κ2) is 8.49. The molecular weight excluding hydrogens is 374 g/mol. The van der Waals surface area contributed by atoms with Crippen molar-refractivity contribution in [2.45, 2.75) is 13.8 Å². The monoisotopic (exact) mass is 393 g/mol. The van der Waals surface area contributed by atoms with Gasteiger partial charge >= 0.3 is 0 Å². The van der Waals surface area contributed by atoms with E-state index in [2.05, 4.69) is 16.0 Å². The van der Waals surface area contributed by atoms with Crippen LogP contribution in [0.2, 0.25) is 0 Å². The fourth-order valence-corrected chi connectivity index (χ4v) is 2.67. The summed E-state index contributed by atoms with van der Waals surface area (Å²) in [4.78, 5) is 24.3. The van der Waals surface area contributed by atoms with Crippen molar-refractivity contribution < 1.29 is 14.0 Å². The maximum Gasteiger partial charge on any atom is 0.291 e. The predicted molar refractivity (Wildman–Crippen MR) is 113 cm³/mol. The van der Waals surface area contributed by atoms with Gasteiger partial charge in [-0.1, -0.05) is 6.07 Å². The summed E-state index contributed by atoms with van der Waals surface area (Å²) in [5, 5.41) is 8.52. The van der Waals surface area contributed by atoms with E-state index in [0.717, 1.165) is 11.1 Å². The Kier molecular flexibility index (Phi) is 5.86. The lowest BCUT2D eigenvalue weighted by Crippen LogP contribution is -2.34. The van der Waals surface area contributed by atoms with Crippen LogP contribution in [-0.2, 0) is 0 Å². The Hall–Kier alpha value is -3.45. The minimum atomic E-state index is -0.332. The second-order valence-corrected chi connectivity index (χ2v) is 6.62. The van der Waals surface area contributed by atoms with Gasteiger partial charge < -0.3 is 15.1 Å². The minimum absolute atomic E-state index is 0.190. The number of rotatable bonds is 4. The molecule has 3 rings (SSSR count). The number of furan rings is 1. The van der Waals surface area contributed by atoms with Crippen molar-refractivity contribution in [3.63, 3.8) is 0 Å². The first-order chi connectivity index (χ1) is 13.4. The molecule has 0 spiro atoms. The molecule has 1 aromatic heterocycles. The molecule has 142 valence electrons. The molecule has 0 aliphatic heterocycles. The number of benzene rings is 2. The van der Waals surface area contributed by atoms with Crippen molar-refractivity contribution in [2.75, 3.05) is 10.6 Å². The summed E-state index contributed by atoms with van der Waals surface area (Å²) in [5.74, 6) is -0.373. The van der Waals surface area contributed by atoms with Crippen molar-refractivity contribution >= 4 is 40.5 Å². The van der Waals surface area contributed by atoms with Crippen LogP contribution in [0.3, 0.4) is 0 Å². The molecule has 3 aromatic rings. The number of nitrogens with one attached hydrogen (secondary N) is 3. The van der Waals surface area contributed by atoms with Crippen molar-refractivity contribution in [3.05, 3.63) is 83.3 Å². The SMILES string of the molecule is Cc1ccc(C(=O)NC(=S)Nc2ccc(NC(=O)c3ccco3)cc2)cc1C. The zero-order valence-corrected chi connectivity index (χ0v) is 16.2. The molecule has 1 heterocycles. The van der Waals surface area contributed by atoms with E-state index in [9.17, 15) is 9.59 Å². The van der Waals surface area contributed by atoms with Gasteiger partial charge in [-0.15, -0.1) is 0 Å². The first kappa shape index (κ1) is 19.3. The van der Waals surface area contributed by atoms with Gasteiger partial charge in [0.25, 0.3) is 11.8 Å². The summed E-state index contributed by atoms with van der Waals surface area (Å²) in [5.41, 5.74) is 4.00. The summed E-state index contributed by atoms with van der Waals surface area (Å²) < 4.78 is 5.05. The smallest absolute Gasteiger partial charge is 0.291 e. The molecule has 0 aliphatic rings. The van der Waals surface area contributed by atoms with E-state index in [-0.39, 0.29) is 22.7 Å². The third kappa shape index (κ3) is 4.83. The molecular formula is C21H19N3O3S. The molecule has 2 aromatic carbocycles. The lowest BCUT2D eigenvalue weighted by molar-refractivity contribution is 0.0975. The minimum Gasteiger partial charge on any atom is -0.459 e. The molecule has 0 fully saturated rings. The molecule has 6 nitrogen and oxygen atoms in total. The van der Waals surface area contributed by atoms with Crippen LogP contribution in [0, 0.1) is 13.8 Å². The van der Waals surface area contributed by atoms with Crippen LogP contribution in [0.4, 0.5) is 11.4 Å². The summed E-state index contributed by atoms with van der Waals surface area (Å²) in [7, 11) is 0.